The Morgan fingerprint density at radius 3 is 0.331 bits per heavy atom. The smallest absolute Gasteiger partial charge is 0.526 e. The monoisotopic (exact) mass is 1560 g/mol. The summed E-state index contributed by atoms with van der Waals surface area (Å²) >= 11 is 0. The van der Waals surface area contributed by atoms with E-state index in [1.165, 1.54) is 0 Å². The van der Waals surface area contributed by atoms with Gasteiger partial charge in [-0.05, 0) is 27.7 Å². The minimum Gasteiger partial charge on any atom is -0.526 e. The van der Waals surface area contributed by atoms with Gasteiger partial charge in [0.15, 0.2) is 0 Å². The Bertz CT molecular complexity index is 5900. The second kappa shape index (κ2) is 24.7. The van der Waals surface area contributed by atoms with Crippen LogP contribution in [-0.2, 0) is 0 Å². The Morgan fingerprint density at radius 1 is 0.127 bits per heavy atom. The molecule has 558 valence electrons. The van der Waals surface area contributed by atoms with E-state index in [4.69, 9.17) is 130 Å². The van der Waals surface area contributed by atoms with Crippen LogP contribution in [0.15, 0.2) is 176 Å². The molecular weight excluding hydrogens is 1510 g/mol. The lowest BCUT2D eigenvalue weighted by Gasteiger charge is -2.13. The molecule has 42 heteroatoms. The Labute approximate surface area is 675 Å². The van der Waals surface area contributed by atoms with E-state index in [1.54, 1.807) is 84.9 Å². The third kappa shape index (κ3) is 11.0. The Hall–Kier alpha value is -14.1. The van der Waals surface area contributed by atoms with E-state index in [0.29, 0.717) is 177 Å². The molecule has 0 radical (unpaired) electrons. The fraction of sp³-hybridized carbons (Fsp3) is 0.0526. The highest BCUT2D eigenvalue weighted by Crippen LogP contribution is 2.53. The molecule has 0 atom stereocenters. The zero-order chi connectivity index (χ0) is 77.6. The third-order valence-corrected chi connectivity index (χ3v) is 22.0. The van der Waals surface area contributed by atoms with E-state index in [9.17, 15) is 0 Å². The maximum Gasteiger partial charge on any atom is 0.632 e. The maximum atomic E-state index is 6.65. The topological polar surface area (TPSA) is 258 Å². The lowest BCUT2D eigenvalue weighted by Crippen LogP contribution is -2.51. The summed E-state index contributed by atoms with van der Waals surface area (Å²) in [5.74, 6) is 14.2. The van der Waals surface area contributed by atoms with Crippen LogP contribution in [0.2, 0.25) is 0 Å². The predicted octanol–water partition coefficient (Wildman–Crippen LogP) is 1.87. The quantitative estimate of drug-likeness (QED) is 0.167. The van der Waals surface area contributed by atoms with Crippen molar-refractivity contribution in [3.05, 3.63) is 198 Å². The summed E-state index contributed by atoms with van der Waals surface area (Å²) in [6.07, 6.45) is 0. The van der Waals surface area contributed by atoms with Gasteiger partial charge in [-0.2, -0.15) is 0 Å². The molecule has 0 amide bonds. The number of aryl methyl sites for hydroxylation is 4. The first-order valence-corrected chi connectivity index (χ1v) is 38.1. The van der Waals surface area contributed by atoms with Gasteiger partial charge in [-0.3, -0.25) is 0 Å². The number of hydrogen-bond acceptors (Lipinski definition) is 28. The van der Waals surface area contributed by atoms with Gasteiger partial charge in [-0.25, -0.2) is 0 Å². The minimum atomic E-state index is -0.975. The molecule has 0 unspecified atom stereocenters. The van der Waals surface area contributed by atoms with E-state index in [2.05, 4.69) is 0 Å². The van der Waals surface area contributed by atoms with Crippen molar-refractivity contribution < 1.29 is 130 Å². The van der Waals surface area contributed by atoms with Crippen LogP contribution in [0.3, 0.4) is 0 Å². The van der Waals surface area contributed by atoms with Crippen LogP contribution in [0.1, 0.15) is 22.3 Å². The molecule has 0 aromatic heterocycles. The first-order chi connectivity index (χ1) is 57.7. The molecule has 14 heterocycles. The fourth-order valence-corrected chi connectivity index (χ4v) is 16.7. The van der Waals surface area contributed by atoms with Crippen LogP contribution in [-0.4, -0.2) is 101 Å². The highest BCUT2D eigenvalue weighted by Gasteiger charge is 2.51. The van der Waals surface area contributed by atoms with Crippen molar-refractivity contribution in [3.63, 3.8) is 0 Å². The molecule has 0 N–H and O–H groups in total. The van der Waals surface area contributed by atoms with Gasteiger partial charge < -0.3 is 130 Å². The summed E-state index contributed by atoms with van der Waals surface area (Å²) in [5, 5.41) is 0. The zero-order valence-electron chi connectivity index (χ0n) is 62.1. The van der Waals surface area contributed by atoms with Crippen molar-refractivity contribution >= 4 is 161 Å². The van der Waals surface area contributed by atoms with E-state index in [0.717, 1.165) is 66.0 Å². The zero-order valence-corrected chi connectivity index (χ0v) is 62.1. The van der Waals surface area contributed by atoms with E-state index in [1.807, 2.05) is 119 Å². The predicted molar refractivity (Wildman–Crippen MR) is 435 cm³/mol. The number of fused-ring (bicyclic) bond motifs is 14. The minimum absolute atomic E-state index is 0.0891. The van der Waals surface area contributed by atoms with Gasteiger partial charge in [0.1, 0.15) is 161 Å². The molecule has 0 spiro atoms. The fourth-order valence-electron chi connectivity index (χ4n) is 16.7. The lowest BCUT2D eigenvalue weighted by molar-refractivity contribution is 0.504. The van der Waals surface area contributed by atoms with Crippen LogP contribution in [0.25, 0.3) is 0 Å². The summed E-state index contributed by atoms with van der Waals surface area (Å²) < 4.78 is 176. The molecule has 12 aromatic rings. The molecule has 14 aliphatic rings. The van der Waals surface area contributed by atoms with Gasteiger partial charge in [0.25, 0.3) is 0 Å². The van der Waals surface area contributed by atoms with Crippen LogP contribution in [0.4, 0.5) is 0 Å². The van der Waals surface area contributed by atoms with Crippen molar-refractivity contribution in [3.8, 4) is 161 Å². The Morgan fingerprint density at radius 2 is 0.220 bits per heavy atom. The van der Waals surface area contributed by atoms with Crippen LogP contribution in [0.5, 0.6) is 161 Å². The number of rotatable bonds is 11. The van der Waals surface area contributed by atoms with Gasteiger partial charge in [-0.1, -0.05) is 113 Å². The molecule has 0 saturated carbocycles. The van der Waals surface area contributed by atoms with Crippen LogP contribution >= 0.6 is 0 Å². The van der Waals surface area contributed by atoms with Gasteiger partial charge in [-0.15, -0.1) is 0 Å². The first kappa shape index (κ1) is 66.3. The van der Waals surface area contributed by atoms with Crippen molar-refractivity contribution in [2.24, 2.45) is 0 Å². The molecule has 26 rings (SSSR count). The largest absolute Gasteiger partial charge is 0.632 e. The average Bonchev–Trinajstić information content (AvgIpc) is 1.61. The van der Waals surface area contributed by atoms with Gasteiger partial charge >= 0.3 is 101 Å². The second-order valence-corrected chi connectivity index (χ2v) is 30.3. The molecular formula is C76H44B14O28. The Kier molecular flexibility index (Phi) is 13.9. The molecule has 12 aromatic carbocycles. The Balaban J connectivity index is 0.410. The van der Waals surface area contributed by atoms with Gasteiger partial charge in [0.05, 0.1) is 0 Å². The van der Waals surface area contributed by atoms with Crippen molar-refractivity contribution in [2.75, 3.05) is 0 Å². The molecule has 0 aliphatic carbocycles. The average molecular weight is 1560 g/mol. The van der Waals surface area contributed by atoms with Gasteiger partial charge in [0, 0.05) is 145 Å². The SMILES string of the molecule is Cc1cc(B2Oc3cc4c(cc3O2)OBO4)cc(B2Oc3cc4c(cc3O2)OB(c2cc(C)cc(B3Oc5cc6c(cc5O3)OB(c3cc(B5Oc7cc8c(cc7O5)OBO8)cc(B5Oc7cc8c(cc7O5)OB(c5cc(C)cc(B7Oc9cc%10c(cc9O7)OB(c7cc(C)cc(B9Oc%11cc%12c(cc%11O9)OBO%12)c7)O%10)c5)O8)c3)O6)c2)O4)c1. The third-order valence-electron chi connectivity index (χ3n) is 22.0. The second-order valence-electron chi connectivity index (χ2n) is 30.3. The van der Waals surface area contributed by atoms with E-state index >= 15 is 0 Å². The summed E-state index contributed by atoms with van der Waals surface area (Å²) in [4.78, 5) is 0. The summed E-state index contributed by atoms with van der Waals surface area (Å²) in [6.45, 7) is 7.94. The molecule has 14 aliphatic heterocycles. The maximum absolute atomic E-state index is 6.65. The van der Waals surface area contributed by atoms with E-state index in [-0.39, 0.29) is 23.1 Å². The lowest BCUT2D eigenvalue weighted by atomic mass is 9.66. The highest BCUT2D eigenvalue weighted by atomic mass is 16.7. The van der Waals surface area contributed by atoms with Crippen LogP contribution < -0.4 is 190 Å². The summed E-state index contributed by atoms with van der Waals surface area (Å²) in [5.41, 5.74) is 11.6. The number of benzene rings is 12. The summed E-state index contributed by atoms with van der Waals surface area (Å²) in [6, 6.07) is 54.1. The molecule has 118 heavy (non-hydrogen) atoms. The normalized spacial score (nSPS) is 16.2. The van der Waals surface area contributed by atoms with Crippen molar-refractivity contribution in [1.82, 2.24) is 0 Å². The standard InChI is InChI=1S/C76H44B14O28/c1-34-5-38(80-97-55-20-49-50(92-77-91-49)21-56(55)98-80)13-40(7-34)82-103-61-26-65-66(27-62(61)104-82)108-84(107-65)42-9-36(3)11-44(15-42)86-111-69-30-73-74(31-70(69)112-86)116-89(115-73)47-17-46(88-101-59-24-53-54(96-79-95-53)25-60(59)102-88)18-48(19-47)90-117-75-32-71-72(33-76(75)118-90)114-87(113-71)45-12-37(4)10-43(16-45)85-109-67-28-63-64(29-68(67)110-85)106-83(105-63)41-8-35(2)6-39(14-41)81-99-57-22-51-52(94-78-93-51)23-58(57)100-81/h5-33,77-79H,1-4H3. The molecule has 0 saturated heterocycles. The number of hydrogen-bond donors (Lipinski definition) is 0. The summed E-state index contributed by atoms with van der Waals surface area (Å²) in [7, 11) is -8.70. The molecule has 28 nitrogen and oxygen atoms in total. The van der Waals surface area contributed by atoms with Gasteiger partial charge in [0.2, 0.25) is 0 Å². The van der Waals surface area contributed by atoms with E-state index < -0.39 is 78.3 Å². The first-order valence-electron chi connectivity index (χ1n) is 38.1. The molecule has 0 bridgehead atoms. The highest BCUT2D eigenvalue weighted by molar-refractivity contribution is 6.73. The van der Waals surface area contributed by atoms with Crippen molar-refractivity contribution in [2.45, 2.75) is 27.7 Å². The molecule has 0 fully saturated rings. The van der Waals surface area contributed by atoms with Crippen LogP contribution in [0, 0.1) is 27.7 Å². The van der Waals surface area contributed by atoms with Crippen molar-refractivity contribution in [1.29, 1.82) is 0 Å².